The Balaban J connectivity index is 1.83. The molecule has 2 aromatic carbocycles. The van der Waals surface area contributed by atoms with Gasteiger partial charge in [0.2, 0.25) is 0 Å². The third-order valence-corrected chi connectivity index (χ3v) is 4.14. The van der Waals surface area contributed by atoms with Gasteiger partial charge in [-0.05, 0) is 25.1 Å². The first kappa shape index (κ1) is 20.5. The predicted octanol–water partition coefficient (Wildman–Crippen LogP) is 5.18. The van der Waals surface area contributed by atoms with Crippen molar-refractivity contribution in [2.24, 2.45) is 4.99 Å². The summed E-state index contributed by atoms with van der Waals surface area (Å²) in [4.78, 5) is 16.2. The van der Waals surface area contributed by atoms with E-state index in [2.05, 4.69) is 26.4 Å². The minimum absolute atomic E-state index is 0.111. The van der Waals surface area contributed by atoms with E-state index < -0.39 is 18.0 Å². The zero-order valence-electron chi connectivity index (χ0n) is 15.0. The number of amides is 1. The number of hydrogen-bond acceptors (Lipinski definition) is 4. The van der Waals surface area contributed by atoms with Crippen LogP contribution in [0.4, 0.5) is 13.2 Å². The monoisotopic (exact) mass is 422 g/mol. The molecule has 1 amide bonds. The summed E-state index contributed by atoms with van der Waals surface area (Å²) in [5.74, 6) is -1.54. The molecule has 0 spiro atoms. The summed E-state index contributed by atoms with van der Waals surface area (Å²) in [6.07, 6.45) is -1.05. The van der Waals surface area contributed by atoms with Gasteiger partial charge in [0.25, 0.3) is 5.91 Å². The largest absolute Gasteiger partial charge is 0.586 e. The average molecular weight is 423 g/mol. The predicted molar refractivity (Wildman–Crippen MR) is 103 cm³/mol. The van der Waals surface area contributed by atoms with E-state index in [1.807, 2.05) is 0 Å². The van der Waals surface area contributed by atoms with Gasteiger partial charge in [0.05, 0.1) is 10.6 Å². The Hall–Kier alpha value is -3.26. The van der Waals surface area contributed by atoms with Gasteiger partial charge in [-0.25, -0.2) is 9.38 Å². The normalized spacial score (nSPS) is 15.2. The van der Waals surface area contributed by atoms with Crippen LogP contribution in [0.15, 0.2) is 60.2 Å². The first-order valence-corrected chi connectivity index (χ1v) is 8.60. The number of fused-ring (bicyclic) bond motifs is 1. The van der Waals surface area contributed by atoms with E-state index in [1.165, 1.54) is 55.6 Å². The number of carbonyl (C=O) groups is 1. The summed E-state index contributed by atoms with van der Waals surface area (Å²) in [6, 6.07) is 7.98. The van der Waals surface area contributed by atoms with Crippen LogP contribution in [-0.2, 0) is 0 Å². The zero-order chi connectivity index (χ0) is 21.2. The van der Waals surface area contributed by atoms with Gasteiger partial charge in [0, 0.05) is 23.4 Å². The molecule has 3 rings (SSSR count). The fraction of sp³-hybridized carbons (Fsp3) is 0.100. The molecule has 0 aromatic heterocycles. The van der Waals surface area contributed by atoms with Crippen LogP contribution in [0.25, 0.3) is 5.57 Å². The van der Waals surface area contributed by atoms with Crippen molar-refractivity contribution in [3.05, 3.63) is 77.2 Å². The van der Waals surface area contributed by atoms with Gasteiger partial charge in [-0.2, -0.15) is 0 Å². The third kappa shape index (κ3) is 4.60. The van der Waals surface area contributed by atoms with E-state index in [0.29, 0.717) is 11.1 Å². The second-order valence-corrected chi connectivity index (χ2v) is 6.29. The number of halogens is 4. The summed E-state index contributed by atoms with van der Waals surface area (Å²) in [5, 5.41) is 2.56. The number of aliphatic imine (C=N–C) groups is 1. The molecule has 0 aliphatic carbocycles. The van der Waals surface area contributed by atoms with Crippen LogP contribution in [-0.4, -0.2) is 18.0 Å². The lowest BCUT2D eigenvalue weighted by molar-refractivity contribution is -0.286. The van der Waals surface area contributed by atoms with Crippen molar-refractivity contribution in [3.8, 4) is 11.5 Å². The standard InChI is InChI=1S/C20H14ClF3N2O3/c1-3-12(14-8-17-18(9-15(14)21)29-20(23,24)28-17)10-25-11(2)26-19(27)13-6-4-5-7-16(13)22/h3-10H,1H2,2H3,(H,25,26,27)/b12-10+. The van der Waals surface area contributed by atoms with Crippen LogP contribution in [0.5, 0.6) is 11.5 Å². The molecule has 0 saturated heterocycles. The third-order valence-electron chi connectivity index (χ3n) is 3.83. The number of benzene rings is 2. The van der Waals surface area contributed by atoms with Gasteiger partial charge in [-0.3, -0.25) is 4.79 Å². The number of rotatable bonds is 4. The highest BCUT2D eigenvalue weighted by Gasteiger charge is 2.43. The van der Waals surface area contributed by atoms with E-state index in [1.54, 1.807) is 0 Å². The maximum absolute atomic E-state index is 13.7. The molecule has 1 aliphatic rings. The number of carbonyl (C=O) groups excluding carboxylic acids is 1. The van der Waals surface area contributed by atoms with Crippen LogP contribution >= 0.6 is 11.6 Å². The Labute approximate surface area is 169 Å². The molecule has 0 saturated carbocycles. The highest BCUT2D eigenvalue weighted by atomic mass is 35.5. The van der Waals surface area contributed by atoms with Crippen LogP contribution in [0.2, 0.25) is 5.02 Å². The molecule has 1 aliphatic heterocycles. The second kappa shape index (κ2) is 8.00. The fourth-order valence-corrected chi connectivity index (χ4v) is 2.76. The molecule has 0 atom stereocenters. The number of alkyl halides is 2. The van der Waals surface area contributed by atoms with Crippen molar-refractivity contribution in [2.45, 2.75) is 13.2 Å². The smallest absolute Gasteiger partial charge is 0.395 e. The highest BCUT2D eigenvalue weighted by molar-refractivity contribution is 6.32. The lowest BCUT2D eigenvalue weighted by Crippen LogP contribution is -2.28. The van der Waals surface area contributed by atoms with Gasteiger partial charge in [-0.1, -0.05) is 36.4 Å². The maximum atomic E-state index is 13.7. The molecule has 29 heavy (non-hydrogen) atoms. The molecular formula is C20H14ClF3N2O3. The van der Waals surface area contributed by atoms with E-state index in [4.69, 9.17) is 11.6 Å². The fourth-order valence-electron chi connectivity index (χ4n) is 2.50. The van der Waals surface area contributed by atoms with E-state index in [-0.39, 0.29) is 27.9 Å². The molecule has 5 nitrogen and oxygen atoms in total. The van der Waals surface area contributed by atoms with Crippen molar-refractivity contribution in [1.29, 1.82) is 0 Å². The number of ether oxygens (including phenoxy) is 2. The molecule has 0 bridgehead atoms. The number of nitrogens with one attached hydrogen (secondary N) is 1. The molecule has 9 heteroatoms. The molecule has 1 N–H and O–H groups in total. The summed E-state index contributed by atoms with van der Waals surface area (Å²) in [6.45, 7) is 5.14. The first-order valence-electron chi connectivity index (χ1n) is 8.23. The summed E-state index contributed by atoms with van der Waals surface area (Å²) in [7, 11) is 0. The Bertz CT molecular complexity index is 1050. The summed E-state index contributed by atoms with van der Waals surface area (Å²) < 4.78 is 48.9. The molecule has 0 unspecified atom stereocenters. The quantitative estimate of drug-likeness (QED) is 0.420. The molecule has 1 heterocycles. The van der Waals surface area contributed by atoms with Crippen molar-refractivity contribution < 1.29 is 27.4 Å². The van der Waals surface area contributed by atoms with Crippen molar-refractivity contribution >= 4 is 28.9 Å². The van der Waals surface area contributed by atoms with Crippen LogP contribution in [0, 0.1) is 5.82 Å². The Morgan fingerprint density at radius 1 is 1.21 bits per heavy atom. The van der Waals surface area contributed by atoms with Crippen molar-refractivity contribution in [3.63, 3.8) is 0 Å². The van der Waals surface area contributed by atoms with Crippen molar-refractivity contribution in [2.75, 3.05) is 0 Å². The van der Waals surface area contributed by atoms with Gasteiger partial charge < -0.3 is 14.8 Å². The average Bonchev–Trinajstić information content (AvgIpc) is 2.95. The first-order chi connectivity index (χ1) is 13.7. The van der Waals surface area contributed by atoms with Crippen molar-refractivity contribution in [1.82, 2.24) is 5.32 Å². The Kier molecular flexibility index (Phi) is 5.65. The molecule has 2 aromatic rings. The number of amidine groups is 1. The lowest BCUT2D eigenvalue weighted by atomic mass is 10.1. The van der Waals surface area contributed by atoms with Gasteiger partial charge in [0.15, 0.2) is 11.5 Å². The van der Waals surface area contributed by atoms with Gasteiger partial charge in [0.1, 0.15) is 11.7 Å². The Morgan fingerprint density at radius 3 is 2.52 bits per heavy atom. The summed E-state index contributed by atoms with van der Waals surface area (Å²) >= 11 is 6.14. The zero-order valence-corrected chi connectivity index (χ0v) is 15.8. The highest BCUT2D eigenvalue weighted by Crippen LogP contribution is 2.45. The molecular weight excluding hydrogens is 409 g/mol. The van der Waals surface area contributed by atoms with Crippen LogP contribution in [0.3, 0.4) is 0 Å². The molecule has 0 fully saturated rings. The van der Waals surface area contributed by atoms with E-state index in [0.717, 1.165) is 0 Å². The summed E-state index contributed by atoms with van der Waals surface area (Å²) in [5.41, 5.74) is 0.560. The topological polar surface area (TPSA) is 59.9 Å². The second-order valence-electron chi connectivity index (χ2n) is 5.88. The number of hydrogen-bond donors (Lipinski definition) is 1. The molecule has 150 valence electrons. The van der Waals surface area contributed by atoms with Crippen LogP contribution in [0.1, 0.15) is 22.8 Å². The molecule has 0 radical (unpaired) electrons. The van der Waals surface area contributed by atoms with Gasteiger partial charge >= 0.3 is 6.29 Å². The number of allylic oxidation sites excluding steroid dienone is 2. The lowest BCUT2D eigenvalue weighted by Gasteiger charge is -2.07. The Morgan fingerprint density at radius 2 is 1.86 bits per heavy atom. The van der Waals surface area contributed by atoms with E-state index >= 15 is 0 Å². The SMILES string of the molecule is C=C/C(=C\N=C(/C)NC(=O)c1ccccc1F)c1cc2c(cc1Cl)OC(F)(F)O2. The van der Waals surface area contributed by atoms with E-state index in [9.17, 15) is 18.0 Å². The minimum atomic E-state index is -3.77. The number of nitrogens with zero attached hydrogens (tertiary/aromatic N) is 1. The maximum Gasteiger partial charge on any atom is 0.586 e. The minimum Gasteiger partial charge on any atom is -0.395 e. The van der Waals surface area contributed by atoms with Crippen LogP contribution < -0.4 is 14.8 Å². The van der Waals surface area contributed by atoms with Gasteiger partial charge in [-0.15, -0.1) is 8.78 Å².